The van der Waals surface area contributed by atoms with Crippen LogP contribution < -0.4 is 0 Å². The molecule has 0 aromatic carbocycles. The van der Waals surface area contributed by atoms with Crippen LogP contribution in [0.2, 0.25) is 0 Å². The summed E-state index contributed by atoms with van der Waals surface area (Å²) in [5.41, 5.74) is 0. The fourth-order valence-corrected chi connectivity index (χ4v) is 10.5. The Kier molecular flexibility index (Phi) is 63.6. The summed E-state index contributed by atoms with van der Waals surface area (Å²) in [5, 5.41) is 0. The largest absolute Gasteiger partial charge is 0.462 e. The lowest BCUT2D eigenvalue weighted by molar-refractivity contribution is -0.167. The predicted octanol–water partition coefficient (Wildman–Crippen LogP) is 23.4. The molecule has 0 bridgehead atoms. The Balaban J connectivity index is 4.02. The van der Waals surface area contributed by atoms with Crippen LogP contribution in [0.15, 0.2) is 24.3 Å². The molecule has 0 heterocycles. The van der Waals surface area contributed by atoms with Crippen LogP contribution in [0.3, 0.4) is 0 Å². The van der Waals surface area contributed by atoms with Crippen molar-refractivity contribution in [1.29, 1.82) is 0 Å². The van der Waals surface area contributed by atoms with Gasteiger partial charge in [0.05, 0.1) is 0 Å². The second-order valence-electron chi connectivity index (χ2n) is 23.5. The molecule has 0 radical (unpaired) electrons. The van der Waals surface area contributed by atoms with Gasteiger partial charge in [0.1, 0.15) is 13.2 Å². The van der Waals surface area contributed by atoms with E-state index in [2.05, 4.69) is 45.1 Å². The number of unbranched alkanes of at least 4 members (excludes halogenated alkanes) is 49. The van der Waals surface area contributed by atoms with Crippen LogP contribution in [0.1, 0.15) is 387 Å². The molecule has 0 amide bonds. The SMILES string of the molecule is CCCCCCC/C=C\C/C=C\CCCCCCCCCCCCCCCCCCCCCCCC(=O)OCC(COC(=O)CCCCCCCCCCCCC)OC(=O)CCCCCCCCCCCCCCCC. The quantitative estimate of drug-likeness (QED) is 0.0261. The molecule has 0 saturated heterocycles. The Hall–Kier alpha value is -2.11. The van der Waals surface area contributed by atoms with Crippen LogP contribution in [-0.4, -0.2) is 37.2 Å². The maximum atomic E-state index is 12.9. The average molecular weight is 1070 g/mol. The number of carbonyl (C=O) groups is 3. The zero-order chi connectivity index (χ0) is 55.0. The van der Waals surface area contributed by atoms with E-state index in [1.54, 1.807) is 0 Å². The van der Waals surface area contributed by atoms with E-state index in [1.807, 2.05) is 0 Å². The molecule has 76 heavy (non-hydrogen) atoms. The molecule has 0 aliphatic heterocycles. The van der Waals surface area contributed by atoms with Gasteiger partial charge in [0.25, 0.3) is 0 Å². The Morgan fingerprint density at radius 3 is 0.724 bits per heavy atom. The van der Waals surface area contributed by atoms with E-state index in [-0.39, 0.29) is 31.1 Å². The first-order valence-corrected chi connectivity index (χ1v) is 34.3. The van der Waals surface area contributed by atoms with E-state index >= 15 is 0 Å². The maximum Gasteiger partial charge on any atom is 0.306 e. The van der Waals surface area contributed by atoms with Gasteiger partial charge < -0.3 is 14.2 Å². The number of hydrogen-bond acceptors (Lipinski definition) is 6. The van der Waals surface area contributed by atoms with E-state index in [0.29, 0.717) is 19.3 Å². The Morgan fingerprint density at radius 1 is 0.263 bits per heavy atom. The minimum Gasteiger partial charge on any atom is -0.462 e. The highest BCUT2D eigenvalue weighted by Crippen LogP contribution is 2.18. The van der Waals surface area contributed by atoms with Crippen molar-refractivity contribution in [3.05, 3.63) is 24.3 Å². The lowest BCUT2D eigenvalue weighted by atomic mass is 10.0. The highest BCUT2D eigenvalue weighted by molar-refractivity contribution is 5.71. The van der Waals surface area contributed by atoms with Gasteiger partial charge in [-0.1, -0.05) is 340 Å². The van der Waals surface area contributed by atoms with Crippen molar-refractivity contribution >= 4 is 17.9 Å². The minimum absolute atomic E-state index is 0.0632. The van der Waals surface area contributed by atoms with E-state index < -0.39 is 6.10 Å². The van der Waals surface area contributed by atoms with Crippen LogP contribution in [0, 0.1) is 0 Å². The lowest BCUT2D eigenvalue weighted by Gasteiger charge is -2.18. The molecule has 0 N–H and O–H groups in total. The smallest absolute Gasteiger partial charge is 0.306 e. The normalized spacial score (nSPS) is 12.1. The number of hydrogen-bond donors (Lipinski definition) is 0. The fraction of sp³-hybridized carbons (Fsp3) is 0.900. The zero-order valence-corrected chi connectivity index (χ0v) is 51.6. The summed E-state index contributed by atoms with van der Waals surface area (Å²) in [7, 11) is 0. The van der Waals surface area contributed by atoms with E-state index in [4.69, 9.17) is 14.2 Å². The number of rotatable bonds is 64. The van der Waals surface area contributed by atoms with Crippen LogP contribution in [0.4, 0.5) is 0 Å². The molecule has 0 aromatic rings. The summed E-state index contributed by atoms with van der Waals surface area (Å²) in [6.45, 7) is 6.69. The van der Waals surface area contributed by atoms with Gasteiger partial charge >= 0.3 is 17.9 Å². The topological polar surface area (TPSA) is 78.9 Å². The van der Waals surface area contributed by atoms with Gasteiger partial charge in [0.2, 0.25) is 0 Å². The first-order chi connectivity index (χ1) is 37.5. The van der Waals surface area contributed by atoms with E-state index in [1.165, 1.54) is 283 Å². The molecule has 0 spiro atoms. The summed E-state index contributed by atoms with van der Waals surface area (Å²) in [6, 6.07) is 0. The molecule has 6 nitrogen and oxygen atoms in total. The van der Waals surface area contributed by atoms with Crippen LogP contribution in [-0.2, 0) is 28.6 Å². The summed E-state index contributed by atoms with van der Waals surface area (Å²) >= 11 is 0. The second-order valence-corrected chi connectivity index (χ2v) is 23.5. The van der Waals surface area contributed by atoms with Gasteiger partial charge in [-0.05, 0) is 51.4 Å². The molecule has 0 aromatic heterocycles. The molecule has 0 fully saturated rings. The van der Waals surface area contributed by atoms with Crippen molar-refractivity contribution in [2.45, 2.75) is 393 Å². The number of allylic oxidation sites excluding steroid dienone is 4. The molecular formula is C70H132O6. The molecule has 0 rings (SSSR count). The Labute approximate surface area is 474 Å². The molecule has 448 valence electrons. The van der Waals surface area contributed by atoms with Crippen LogP contribution in [0.5, 0.6) is 0 Å². The highest BCUT2D eigenvalue weighted by Gasteiger charge is 2.19. The third kappa shape index (κ3) is 62.7. The second kappa shape index (κ2) is 65.4. The van der Waals surface area contributed by atoms with Gasteiger partial charge in [-0.15, -0.1) is 0 Å². The van der Waals surface area contributed by atoms with Crippen molar-refractivity contribution in [2.75, 3.05) is 13.2 Å². The molecule has 1 atom stereocenters. The first kappa shape index (κ1) is 73.9. The maximum absolute atomic E-state index is 12.9. The van der Waals surface area contributed by atoms with Gasteiger partial charge in [0.15, 0.2) is 6.10 Å². The van der Waals surface area contributed by atoms with Gasteiger partial charge in [-0.3, -0.25) is 14.4 Å². The Bertz CT molecular complexity index is 1230. The van der Waals surface area contributed by atoms with Crippen molar-refractivity contribution in [3.63, 3.8) is 0 Å². The molecule has 0 saturated carbocycles. The zero-order valence-electron chi connectivity index (χ0n) is 51.6. The Morgan fingerprint density at radius 2 is 0.474 bits per heavy atom. The number of ether oxygens (including phenoxy) is 3. The third-order valence-corrected chi connectivity index (χ3v) is 15.7. The molecule has 0 aliphatic rings. The molecule has 1 unspecified atom stereocenters. The molecule has 6 heteroatoms. The first-order valence-electron chi connectivity index (χ1n) is 34.3. The lowest BCUT2D eigenvalue weighted by Crippen LogP contribution is -2.30. The van der Waals surface area contributed by atoms with E-state index in [0.717, 1.165) is 64.2 Å². The summed E-state index contributed by atoms with van der Waals surface area (Å²) in [6.07, 6.45) is 79.3. The van der Waals surface area contributed by atoms with E-state index in [9.17, 15) is 14.4 Å². The summed E-state index contributed by atoms with van der Waals surface area (Å²) < 4.78 is 16.9. The highest BCUT2D eigenvalue weighted by atomic mass is 16.6. The molecular weight excluding hydrogens is 937 g/mol. The number of esters is 3. The van der Waals surface area contributed by atoms with Crippen molar-refractivity contribution in [2.24, 2.45) is 0 Å². The fourth-order valence-electron chi connectivity index (χ4n) is 10.5. The van der Waals surface area contributed by atoms with Crippen LogP contribution >= 0.6 is 0 Å². The van der Waals surface area contributed by atoms with Crippen LogP contribution in [0.25, 0.3) is 0 Å². The van der Waals surface area contributed by atoms with Crippen molar-refractivity contribution < 1.29 is 28.6 Å². The summed E-state index contributed by atoms with van der Waals surface area (Å²) in [5.74, 6) is -0.835. The van der Waals surface area contributed by atoms with Crippen molar-refractivity contribution in [3.8, 4) is 0 Å². The average Bonchev–Trinajstić information content (AvgIpc) is 3.42. The van der Waals surface area contributed by atoms with Gasteiger partial charge in [0, 0.05) is 19.3 Å². The third-order valence-electron chi connectivity index (χ3n) is 15.7. The monoisotopic (exact) mass is 1070 g/mol. The summed E-state index contributed by atoms with van der Waals surface area (Å²) in [4.78, 5) is 38.2. The molecule has 0 aliphatic carbocycles. The number of carbonyl (C=O) groups excluding carboxylic acids is 3. The van der Waals surface area contributed by atoms with Gasteiger partial charge in [-0.25, -0.2) is 0 Å². The minimum atomic E-state index is -0.764. The predicted molar refractivity (Wildman–Crippen MR) is 330 cm³/mol. The standard InChI is InChI=1S/C70H132O6/c1-4-7-10-13-16-19-22-24-26-27-28-29-30-31-32-33-34-35-36-37-38-39-40-41-42-43-44-46-48-51-54-57-60-63-69(72)75-66-67(65-74-68(71)62-59-56-53-50-47-21-18-15-12-9-6-3)76-70(73)64-61-58-55-52-49-45-25-23-20-17-14-11-8-5-2/h22,24,27-28,67H,4-21,23,25-26,29-66H2,1-3H3/b24-22-,28-27-. The van der Waals surface area contributed by atoms with Gasteiger partial charge in [-0.2, -0.15) is 0 Å². The van der Waals surface area contributed by atoms with Crippen molar-refractivity contribution in [1.82, 2.24) is 0 Å².